The van der Waals surface area contributed by atoms with Crippen LogP contribution in [-0.4, -0.2) is 23.1 Å². The fourth-order valence-electron chi connectivity index (χ4n) is 4.27. The molecule has 1 rings (SSSR count). The summed E-state index contributed by atoms with van der Waals surface area (Å²) in [7, 11) is 0. The lowest BCUT2D eigenvalue weighted by Crippen LogP contribution is -2.30. The minimum absolute atomic E-state index is 0.0225. The number of carbonyl (C=O) groups is 2. The molecule has 1 aliphatic carbocycles. The van der Waals surface area contributed by atoms with Crippen molar-refractivity contribution in [2.45, 2.75) is 123 Å². The maximum atomic E-state index is 12.6. The zero-order valence-electron chi connectivity index (χ0n) is 18.6. The first-order valence-electron chi connectivity index (χ1n) is 11.9. The van der Waals surface area contributed by atoms with E-state index >= 15 is 0 Å². The topological polar surface area (TPSA) is 63.6 Å². The smallest absolute Gasteiger partial charge is 0.309 e. The zero-order valence-corrected chi connectivity index (χ0v) is 18.6. The third-order valence-electron chi connectivity index (χ3n) is 6.06. The van der Waals surface area contributed by atoms with E-state index in [1.165, 1.54) is 51.4 Å². The van der Waals surface area contributed by atoms with Gasteiger partial charge in [-0.25, -0.2) is 0 Å². The molecule has 0 bridgehead atoms. The Labute approximate surface area is 172 Å². The number of carbonyl (C=O) groups excluding carboxylic acids is 1. The molecule has 0 radical (unpaired) electrons. The van der Waals surface area contributed by atoms with E-state index < -0.39 is 5.97 Å². The molecule has 1 N–H and O–H groups in total. The van der Waals surface area contributed by atoms with Crippen molar-refractivity contribution in [3.8, 4) is 0 Å². The maximum Gasteiger partial charge on any atom is 0.309 e. The van der Waals surface area contributed by atoms with Crippen molar-refractivity contribution in [3.63, 3.8) is 0 Å². The molecular formula is C24H44O4. The number of aliphatic carboxylic acids is 1. The minimum atomic E-state index is -0.727. The molecule has 1 fully saturated rings. The van der Waals surface area contributed by atoms with Crippen molar-refractivity contribution in [1.29, 1.82) is 0 Å². The van der Waals surface area contributed by atoms with E-state index in [2.05, 4.69) is 20.8 Å². The first-order valence-corrected chi connectivity index (χ1v) is 11.9. The summed E-state index contributed by atoms with van der Waals surface area (Å²) >= 11 is 0. The Hall–Kier alpha value is -1.06. The van der Waals surface area contributed by atoms with Gasteiger partial charge in [-0.05, 0) is 50.9 Å². The lowest BCUT2D eigenvalue weighted by Gasteiger charge is -2.27. The Balaban J connectivity index is 2.25. The lowest BCUT2D eigenvalue weighted by atomic mass is 9.82. The molecule has 0 aliphatic heterocycles. The summed E-state index contributed by atoms with van der Waals surface area (Å²) in [5.41, 5.74) is 0. The molecule has 0 aromatic rings. The van der Waals surface area contributed by atoms with Crippen LogP contribution in [0.5, 0.6) is 0 Å². The summed E-state index contributed by atoms with van der Waals surface area (Å²) in [5, 5.41) is 9.10. The van der Waals surface area contributed by atoms with Gasteiger partial charge in [-0.15, -0.1) is 0 Å². The Morgan fingerprint density at radius 1 is 0.857 bits per heavy atom. The van der Waals surface area contributed by atoms with Gasteiger partial charge >= 0.3 is 11.9 Å². The van der Waals surface area contributed by atoms with Crippen LogP contribution in [0.4, 0.5) is 0 Å². The second-order valence-corrected chi connectivity index (χ2v) is 9.19. The predicted octanol–water partition coefficient (Wildman–Crippen LogP) is 6.76. The highest BCUT2D eigenvalue weighted by molar-refractivity contribution is 5.74. The third-order valence-corrected chi connectivity index (χ3v) is 6.06. The molecule has 1 unspecified atom stereocenters. The van der Waals surface area contributed by atoms with Gasteiger partial charge < -0.3 is 9.84 Å². The molecule has 0 saturated heterocycles. The van der Waals surface area contributed by atoms with Gasteiger partial charge in [-0.3, -0.25) is 9.59 Å². The van der Waals surface area contributed by atoms with Crippen LogP contribution in [0.2, 0.25) is 0 Å². The molecule has 4 nitrogen and oxygen atoms in total. The van der Waals surface area contributed by atoms with Crippen LogP contribution >= 0.6 is 0 Å². The van der Waals surface area contributed by atoms with Crippen LogP contribution in [0, 0.1) is 17.8 Å². The summed E-state index contributed by atoms with van der Waals surface area (Å²) in [6, 6.07) is 0. The van der Waals surface area contributed by atoms with Crippen molar-refractivity contribution >= 4 is 11.9 Å². The highest BCUT2D eigenvalue weighted by Gasteiger charge is 2.31. The third kappa shape index (κ3) is 11.1. The second kappa shape index (κ2) is 14.9. The van der Waals surface area contributed by atoms with Crippen LogP contribution in [0.15, 0.2) is 0 Å². The average Bonchev–Trinajstić information content (AvgIpc) is 2.66. The summed E-state index contributed by atoms with van der Waals surface area (Å²) in [6.45, 7) is 6.60. The Morgan fingerprint density at radius 2 is 1.36 bits per heavy atom. The van der Waals surface area contributed by atoms with E-state index in [1.807, 2.05) is 0 Å². The fourth-order valence-corrected chi connectivity index (χ4v) is 4.27. The number of hydrogen-bond acceptors (Lipinski definition) is 3. The van der Waals surface area contributed by atoms with Crippen LogP contribution in [0.1, 0.15) is 117 Å². The molecule has 0 aromatic heterocycles. The van der Waals surface area contributed by atoms with Crippen LogP contribution in [-0.2, 0) is 14.3 Å². The van der Waals surface area contributed by atoms with Gasteiger partial charge in [0.15, 0.2) is 0 Å². The summed E-state index contributed by atoms with van der Waals surface area (Å²) in [6.07, 6.45) is 16.1. The van der Waals surface area contributed by atoms with E-state index in [-0.39, 0.29) is 23.9 Å². The largest absolute Gasteiger partial charge is 0.481 e. The normalized spacial score (nSPS) is 20.9. The Kier molecular flexibility index (Phi) is 13.3. The van der Waals surface area contributed by atoms with E-state index in [9.17, 15) is 9.59 Å². The van der Waals surface area contributed by atoms with E-state index in [0.29, 0.717) is 31.6 Å². The minimum Gasteiger partial charge on any atom is -0.481 e. The van der Waals surface area contributed by atoms with Gasteiger partial charge in [0, 0.05) is 0 Å². The zero-order chi connectivity index (χ0) is 20.8. The maximum absolute atomic E-state index is 12.6. The lowest BCUT2D eigenvalue weighted by molar-refractivity contribution is -0.158. The molecule has 0 aromatic carbocycles. The van der Waals surface area contributed by atoms with Crippen molar-refractivity contribution < 1.29 is 19.4 Å². The van der Waals surface area contributed by atoms with E-state index in [4.69, 9.17) is 9.84 Å². The van der Waals surface area contributed by atoms with Crippen molar-refractivity contribution in [3.05, 3.63) is 0 Å². The number of hydrogen-bond donors (Lipinski definition) is 1. The van der Waals surface area contributed by atoms with Gasteiger partial charge in [0.1, 0.15) is 6.10 Å². The first-order chi connectivity index (χ1) is 13.4. The van der Waals surface area contributed by atoms with Crippen molar-refractivity contribution in [2.75, 3.05) is 0 Å². The number of esters is 1. The molecule has 28 heavy (non-hydrogen) atoms. The molecule has 4 heteroatoms. The summed E-state index contributed by atoms with van der Waals surface area (Å²) in [5.74, 6) is -0.690. The standard InChI is InChI=1S/C24H44O4/c1-4-5-6-7-8-9-10-11-12-13-22(18-19(2)3)28-24(27)21-16-14-20(15-17-21)23(25)26/h19-22H,4-18H2,1-3H3,(H,25,26). The van der Waals surface area contributed by atoms with Gasteiger partial charge in [-0.2, -0.15) is 0 Å². The van der Waals surface area contributed by atoms with Gasteiger partial charge in [0.2, 0.25) is 0 Å². The highest BCUT2D eigenvalue weighted by atomic mass is 16.5. The fraction of sp³-hybridized carbons (Fsp3) is 0.917. The number of carboxylic acids is 1. The summed E-state index contributed by atoms with van der Waals surface area (Å²) < 4.78 is 5.88. The van der Waals surface area contributed by atoms with Crippen LogP contribution in [0.3, 0.4) is 0 Å². The molecule has 164 valence electrons. The molecule has 1 aliphatic rings. The number of rotatable bonds is 15. The first kappa shape index (κ1) is 25.0. The number of unbranched alkanes of at least 4 members (excludes halogenated alkanes) is 8. The van der Waals surface area contributed by atoms with Crippen molar-refractivity contribution in [1.82, 2.24) is 0 Å². The molecule has 1 saturated carbocycles. The SMILES string of the molecule is CCCCCCCCCCCC(CC(C)C)OC(=O)C1CCC(C(=O)O)CC1. The number of ether oxygens (including phenoxy) is 1. The quantitative estimate of drug-likeness (QED) is 0.245. The predicted molar refractivity (Wildman–Crippen MR) is 114 cm³/mol. The van der Waals surface area contributed by atoms with Crippen LogP contribution < -0.4 is 0 Å². The Bertz CT molecular complexity index is 424. The van der Waals surface area contributed by atoms with Gasteiger partial charge in [-0.1, -0.05) is 72.1 Å². The molecule has 1 atom stereocenters. The second-order valence-electron chi connectivity index (χ2n) is 9.19. The van der Waals surface area contributed by atoms with Crippen LogP contribution in [0.25, 0.3) is 0 Å². The number of carboxylic acid groups (broad SMARTS) is 1. The molecule has 0 heterocycles. The highest BCUT2D eigenvalue weighted by Crippen LogP contribution is 2.30. The van der Waals surface area contributed by atoms with Gasteiger partial charge in [0.25, 0.3) is 0 Å². The molecule has 0 amide bonds. The van der Waals surface area contributed by atoms with E-state index in [0.717, 1.165) is 19.3 Å². The van der Waals surface area contributed by atoms with Gasteiger partial charge in [0.05, 0.1) is 11.8 Å². The molecule has 0 spiro atoms. The van der Waals surface area contributed by atoms with Crippen molar-refractivity contribution in [2.24, 2.45) is 17.8 Å². The monoisotopic (exact) mass is 396 g/mol. The summed E-state index contributed by atoms with van der Waals surface area (Å²) in [4.78, 5) is 23.6. The average molecular weight is 397 g/mol. The Morgan fingerprint density at radius 3 is 1.86 bits per heavy atom. The van der Waals surface area contributed by atoms with E-state index in [1.54, 1.807) is 0 Å². The molecular weight excluding hydrogens is 352 g/mol.